The highest BCUT2D eigenvalue weighted by molar-refractivity contribution is 6.18. The second kappa shape index (κ2) is 6.53. The van der Waals surface area contributed by atoms with E-state index in [0.29, 0.717) is 5.88 Å². The van der Waals surface area contributed by atoms with Gasteiger partial charge in [0.25, 0.3) is 0 Å². The summed E-state index contributed by atoms with van der Waals surface area (Å²) in [7, 11) is 3.29. The number of nitrogens with one attached hydrogen (secondary N) is 1. The van der Waals surface area contributed by atoms with Gasteiger partial charge in [0.2, 0.25) is 0 Å². The van der Waals surface area contributed by atoms with Crippen molar-refractivity contribution >= 4 is 11.6 Å². The second-order valence-corrected chi connectivity index (χ2v) is 3.42. The van der Waals surface area contributed by atoms with Crippen molar-refractivity contribution in [2.45, 2.75) is 6.54 Å². The van der Waals surface area contributed by atoms with Crippen molar-refractivity contribution in [1.82, 2.24) is 5.32 Å². The summed E-state index contributed by atoms with van der Waals surface area (Å²) in [4.78, 5) is 0. The Morgan fingerprint density at radius 2 is 2.07 bits per heavy atom. The fraction of sp³-hybridized carbons (Fsp3) is 0.455. The molecule has 4 heteroatoms. The summed E-state index contributed by atoms with van der Waals surface area (Å²) in [5, 5.41) is 3.21. The maximum atomic E-state index is 5.58. The number of hydrogen-bond donors (Lipinski definition) is 1. The highest BCUT2D eigenvalue weighted by atomic mass is 35.5. The summed E-state index contributed by atoms with van der Waals surface area (Å²) in [5.74, 6) is 2.24. The minimum absolute atomic E-state index is 0.610. The molecule has 0 aromatic heterocycles. The van der Waals surface area contributed by atoms with E-state index in [0.717, 1.165) is 30.2 Å². The van der Waals surface area contributed by atoms with Crippen LogP contribution in [0.2, 0.25) is 0 Å². The lowest BCUT2D eigenvalue weighted by Crippen LogP contribution is -2.16. The monoisotopic (exact) mass is 229 g/mol. The topological polar surface area (TPSA) is 30.5 Å². The first-order valence-electron chi connectivity index (χ1n) is 4.79. The van der Waals surface area contributed by atoms with E-state index in [1.54, 1.807) is 14.2 Å². The van der Waals surface area contributed by atoms with Gasteiger partial charge in [-0.3, -0.25) is 0 Å². The smallest absolute Gasteiger partial charge is 0.127 e. The largest absolute Gasteiger partial charge is 0.497 e. The van der Waals surface area contributed by atoms with E-state index >= 15 is 0 Å². The van der Waals surface area contributed by atoms with Crippen molar-refractivity contribution in [2.75, 3.05) is 26.6 Å². The number of rotatable bonds is 6. The van der Waals surface area contributed by atoms with Crippen molar-refractivity contribution in [3.05, 3.63) is 23.8 Å². The Morgan fingerprint density at radius 1 is 1.27 bits per heavy atom. The number of ether oxygens (including phenoxy) is 2. The number of hydrogen-bond acceptors (Lipinski definition) is 3. The molecule has 0 radical (unpaired) electrons. The molecule has 0 aliphatic heterocycles. The third kappa shape index (κ3) is 3.61. The Kier molecular flexibility index (Phi) is 5.29. The molecule has 0 saturated carbocycles. The Morgan fingerprint density at radius 3 is 2.67 bits per heavy atom. The highest BCUT2D eigenvalue weighted by Crippen LogP contribution is 2.24. The average Bonchev–Trinajstić information content (AvgIpc) is 2.29. The lowest BCUT2D eigenvalue weighted by atomic mass is 10.2. The van der Waals surface area contributed by atoms with Crippen LogP contribution in [0.3, 0.4) is 0 Å². The Labute approximate surface area is 95.3 Å². The molecule has 1 aromatic rings. The second-order valence-electron chi connectivity index (χ2n) is 3.04. The van der Waals surface area contributed by atoms with Gasteiger partial charge in [-0.15, -0.1) is 11.6 Å². The quantitative estimate of drug-likeness (QED) is 0.598. The van der Waals surface area contributed by atoms with Gasteiger partial charge < -0.3 is 14.8 Å². The summed E-state index contributed by atoms with van der Waals surface area (Å²) < 4.78 is 10.4. The predicted octanol–water partition coefficient (Wildman–Crippen LogP) is 2.03. The standard InChI is InChI=1S/C11H16ClNO2/c1-14-10-4-3-9(8-13-6-5-12)11(7-10)15-2/h3-4,7,13H,5-6,8H2,1-2H3. The molecule has 1 aromatic carbocycles. The van der Waals surface area contributed by atoms with Crippen LogP contribution in [-0.4, -0.2) is 26.6 Å². The molecule has 1 N–H and O–H groups in total. The van der Waals surface area contributed by atoms with E-state index in [-0.39, 0.29) is 0 Å². The predicted molar refractivity (Wildman–Crippen MR) is 62.0 cm³/mol. The maximum Gasteiger partial charge on any atom is 0.127 e. The SMILES string of the molecule is COc1ccc(CNCCCl)c(OC)c1. The molecule has 0 aliphatic rings. The van der Waals surface area contributed by atoms with Crippen LogP contribution in [0.25, 0.3) is 0 Å². The van der Waals surface area contributed by atoms with Crippen LogP contribution in [-0.2, 0) is 6.54 Å². The van der Waals surface area contributed by atoms with Gasteiger partial charge >= 0.3 is 0 Å². The Balaban J connectivity index is 2.69. The molecule has 3 nitrogen and oxygen atoms in total. The molecule has 84 valence electrons. The average molecular weight is 230 g/mol. The molecule has 0 unspecified atom stereocenters. The minimum Gasteiger partial charge on any atom is -0.497 e. The van der Waals surface area contributed by atoms with Crippen LogP contribution in [0, 0.1) is 0 Å². The molecule has 0 aliphatic carbocycles. The molecule has 0 spiro atoms. The summed E-state index contributed by atoms with van der Waals surface area (Å²) in [5.41, 5.74) is 1.10. The van der Waals surface area contributed by atoms with Crippen LogP contribution in [0.1, 0.15) is 5.56 Å². The van der Waals surface area contributed by atoms with E-state index < -0.39 is 0 Å². The molecule has 0 amide bonds. The van der Waals surface area contributed by atoms with Crippen LogP contribution < -0.4 is 14.8 Å². The Bertz CT molecular complexity index is 305. The van der Waals surface area contributed by atoms with Crippen LogP contribution in [0.4, 0.5) is 0 Å². The van der Waals surface area contributed by atoms with Gasteiger partial charge in [0.05, 0.1) is 14.2 Å². The molecular weight excluding hydrogens is 214 g/mol. The van der Waals surface area contributed by atoms with Gasteiger partial charge in [0.15, 0.2) is 0 Å². The Hall–Kier alpha value is -0.930. The van der Waals surface area contributed by atoms with Crippen molar-refractivity contribution in [1.29, 1.82) is 0 Å². The first-order chi connectivity index (χ1) is 7.31. The first kappa shape index (κ1) is 12.1. The first-order valence-corrected chi connectivity index (χ1v) is 5.33. The molecule has 0 bridgehead atoms. The zero-order valence-corrected chi connectivity index (χ0v) is 9.80. The van der Waals surface area contributed by atoms with Crippen molar-refractivity contribution < 1.29 is 9.47 Å². The van der Waals surface area contributed by atoms with Crippen LogP contribution in [0.15, 0.2) is 18.2 Å². The van der Waals surface area contributed by atoms with Crippen molar-refractivity contribution in [3.63, 3.8) is 0 Å². The van der Waals surface area contributed by atoms with Crippen LogP contribution >= 0.6 is 11.6 Å². The van der Waals surface area contributed by atoms with Crippen molar-refractivity contribution in [2.24, 2.45) is 0 Å². The fourth-order valence-electron chi connectivity index (χ4n) is 1.29. The zero-order valence-electron chi connectivity index (χ0n) is 9.05. The van der Waals surface area contributed by atoms with Gasteiger partial charge in [-0.05, 0) is 6.07 Å². The van der Waals surface area contributed by atoms with E-state index in [9.17, 15) is 0 Å². The number of benzene rings is 1. The van der Waals surface area contributed by atoms with E-state index in [2.05, 4.69) is 5.32 Å². The lowest BCUT2D eigenvalue weighted by molar-refractivity contribution is 0.390. The van der Waals surface area contributed by atoms with Crippen molar-refractivity contribution in [3.8, 4) is 11.5 Å². The van der Waals surface area contributed by atoms with E-state index in [4.69, 9.17) is 21.1 Å². The molecular formula is C11H16ClNO2. The number of alkyl halides is 1. The van der Waals surface area contributed by atoms with Gasteiger partial charge in [-0.2, -0.15) is 0 Å². The van der Waals surface area contributed by atoms with E-state index in [1.807, 2.05) is 18.2 Å². The molecule has 0 saturated heterocycles. The third-order valence-corrected chi connectivity index (χ3v) is 2.27. The van der Waals surface area contributed by atoms with Gasteiger partial charge in [-0.25, -0.2) is 0 Å². The lowest BCUT2D eigenvalue weighted by Gasteiger charge is -2.10. The summed E-state index contributed by atoms with van der Waals surface area (Å²) in [6.45, 7) is 1.54. The normalized spacial score (nSPS) is 10.1. The summed E-state index contributed by atoms with van der Waals surface area (Å²) in [6, 6.07) is 5.77. The fourth-order valence-corrected chi connectivity index (χ4v) is 1.42. The number of halogens is 1. The zero-order chi connectivity index (χ0) is 11.1. The van der Waals surface area contributed by atoms with Crippen LogP contribution in [0.5, 0.6) is 11.5 Å². The molecule has 0 fully saturated rings. The highest BCUT2D eigenvalue weighted by Gasteiger charge is 2.03. The maximum absolute atomic E-state index is 5.58. The van der Waals surface area contributed by atoms with Gasteiger partial charge in [0, 0.05) is 30.6 Å². The summed E-state index contributed by atoms with van der Waals surface area (Å²) >= 11 is 5.58. The summed E-state index contributed by atoms with van der Waals surface area (Å²) in [6.07, 6.45) is 0. The number of methoxy groups -OCH3 is 2. The molecule has 1 rings (SSSR count). The molecule has 0 atom stereocenters. The van der Waals surface area contributed by atoms with Gasteiger partial charge in [-0.1, -0.05) is 6.07 Å². The molecule has 0 heterocycles. The van der Waals surface area contributed by atoms with Gasteiger partial charge in [0.1, 0.15) is 11.5 Å². The molecule has 15 heavy (non-hydrogen) atoms. The third-order valence-electron chi connectivity index (χ3n) is 2.08. The van der Waals surface area contributed by atoms with E-state index in [1.165, 1.54) is 0 Å². The minimum atomic E-state index is 0.610.